The van der Waals surface area contributed by atoms with Crippen molar-refractivity contribution in [3.63, 3.8) is 0 Å². The van der Waals surface area contributed by atoms with E-state index in [2.05, 4.69) is 20.3 Å². The second-order valence-electron chi connectivity index (χ2n) is 4.72. The van der Waals surface area contributed by atoms with Crippen LogP contribution in [0.15, 0.2) is 48.8 Å². The van der Waals surface area contributed by atoms with E-state index in [4.69, 9.17) is 5.11 Å². The molecule has 0 aliphatic carbocycles. The highest BCUT2D eigenvalue weighted by Gasteiger charge is 2.12. The van der Waals surface area contributed by atoms with Crippen molar-refractivity contribution in [2.45, 2.75) is 0 Å². The molecule has 0 unspecified atom stereocenters. The van der Waals surface area contributed by atoms with Gasteiger partial charge in [0.15, 0.2) is 5.82 Å². The Morgan fingerprint density at radius 2 is 1.87 bits per heavy atom. The summed E-state index contributed by atoms with van der Waals surface area (Å²) in [4.78, 5) is 19.5. The van der Waals surface area contributed by atoms with Gasteiger partial charge in [0.05, 0.1) is 16.6 Å². The Morgan fingerprint density at radius 1 is 1.04 bits per heavy atom. The number of carboxylic acid groups (broad SMARTS) is 1. The fourth-order valence-corrected chi connectivity index (χ4v) is 2.37. The van der Waals surface area contributed by atoms with Gasteiger partial charge in [-0.3, -0.25) is 0 Å². The van der Waals surface area contributed by atoms with E-state index in [-0.39, 0.29) is 18.0 Å². The van der Waals surface area contributed by atoms with Crippen molar-refractivity contribution in [1.82, 2.24) is 25.0 Å². The van der Waals surface area contributed by atoms with E-state index >= 15 is 0 Å². The molecule has 7 nitrogen and oxygen atoms in total. The molecule has 2 heterocycles. The van der Waals surface area contributed by atoms with E-state index in [0.29, 0.717) is 16.7 Å². The van der Waals surface area contributed by atoms with Crippen molar-refractivity contribution in [3.05, 3.63) is 54.4 Å². The average Bonchev–Trinajstić information content (AvgIpc) is 2.97. The Morgan fingerprint density at radius 3 is 2.70 bits per heavy atom. The summed E-state index contributed by atoms with van der Waals surface area (Å²) in [6.07, 6.45) is 1.39. The monoisotopic (exact) mass is 327 g/mol. The molecule has 114 valence electrons. The summed E-state index contributed by atoms with van der Waals surface area (Å²) >= 11 is 0. The van der Waals surface area contributed by atoms with E-state index in [1.807, 2.05) is 24.3 Å². The third-order valence-corrected chi connectivity index (χ3v) is 3.41. The first-order chi connectivity index (χ1) is 10.7. The zero-order valence-electron chi connectivity index (χ0n) is 11.6. The van der Waals surface area contributed by atoms with Gasteiger partial charge < -0.3 is 5.11 Å². The number of benzene rings is 2. The number of aromatic nitrogens is 5. The minimum Gasteiger partial charge on any atom is -0.478 e. The Balaban J connectivity index is 0.00000156. The van der Waals surface area contributed by atoms with Crippen LogP contribution >= 0.6 is 12.4 Å². The van der Waals surface area contributed by atoms with Crippen LogP contribution in [0.4, 0.5) is 0 Å². The third kappa shape index (κ3) is 2.36. The molecule has 0 fully saturated rings. The first kappa shape index (κ1) is 14.9. The van der Waals surface area contributed by atoms with Gasteiger partial charge in [0, 0.05) is 5.39 Å². The van der Waals surface area contributed by atoms with Gasteiger partial charge in [-0.2, -0.15) is 4.68 Å². The van der Waals surface area contributed by atoms with Gasteiger partial charge in [-0.15, -0.1) is 17.5 Å². The normalized spacial score (nSPS) is 10.6. The highest BCUT2D eigenvalue weighted by Crippen LogP contribution is 2.22. The Labute approximate surface area is 136 Å². The second kappa shape index (κ2) is 5.62. The van der Waals surface area contributed by atoms with E-state index < -0.39 is 5.97 Å². The van der Waals surface area contributed by atoms with Crippen molar-refractivity contribution in [3.8, 4) is 5.82 Å². The zero-order valence-corrected chi connectivity index (χ0v) is 12.4. The topological polar surface area (TPSA) is 93.8 Å². The lowest BCUT2D eigenvalue weighted by molar-refractivity contribution is 0.0697. The number of halogens is 1. The van der Waals surface area contributed by atoms with Gasteiger partial charge >= 0.3 is 5.97 Å². The molecule has 23 heavy (non-hydrogen) atoms. The van der Waals surface area contributed by atoms with Crippen molar-refractivity contribution in [2.24, 2.45) is 0 Å². The SMILES string of the molecule is Cl.O=C(O)c1ccc2c(-n3nnc4ccccc43)ncnc2c1. The molecule has 0 saturated heterocycles. The number of hydrogen-bond acceptors (Lipinski definition) is 5. The first-order valence-corrected chi connectivity index (χ1v) is 6.53. The molecule has 0 saturated carbocycles. The quantitative estimate of drug-likeness (QED) is 0.608. The highest BCUT2D eigenvalue weighted by atomic mass is 35.5. The number of hydrogen-bond donors (Lipinski definition) is 1. The summed E-state index contributed by atoms with van der Waals surface area (Å²) in [5.41, 5.74) is 2.31. The summed E-state index contributed by atoms with van der Waals surface area (Å²) in [5, 5.41) is 18.0. The lowest BCUT2D eigenvalue weighted by Crippen LogP contribution is -2.03. The summed E-state index contributed by atoms with van der Waals surface area (Å²) in [5.74, 6) is -0.427. The van der Waals surface area contributed by atoms with Crippen LogP contribution in [0.1, 0.15) is 10.4 Å². The smallest absolute Gasteiger partial charge is 0.335 e. The molecule has 1 N–H and O–H groups in total. The summed E-state index contributed by atoms with van der Waals surface area (Å²) in [6, 6.07) is 12.3. The lowest BCUT2D eigenvalue weighted by atomic mass is 10.1. The number of carbonyl (C=O) groups is 1. The average molecular weight is 328 g/mol. The number of carboxylic acids is 1. The fourth-order valence-electron chi connectivity index (χ4n) is 2.37. The van der Waals surface area contributed by atoms with Gasteiger partial charge in [-0.25, -0.2) is 14.8 Å². The summed E-state index contributed by atoms with van der Waals surface area (Å²) in [7, 11) is 0. The highest BCUT2D eigenvalue weighted by molar-refractivity contribution is 5.95. The standard InChI is InChI=1S/C15H9N5O2.ClH/c21-15(22)9-5-6-10-12(7-9)16-8-17-14(10)20-13-4-2-1-3-11(13)18-19-20;/h1-8H,(H,21,22);1H. The number of nitrogens with zero attached hydrogens (tertiary/aromatic N) is 5. The van der Waals surface area contributed by atoms with Gasteiger partial charge in [0.1, 0.15) is 11.8 Å². The molecule has 0 atom stereocenters. The van der Waals surface area contributed by atoms with E-state index in [9.17, 15) is 4.79 Å². The van der Waals surface area contributed by atoms with Crippen LogP contribution in [0, 0.1) is 0 Å². The van der Waals surface area contributed by atoms with Crippen LogP contribution in [0.3, 0.4) is 0 Å². The maximum atomic E-state index is 11.1. The molecule has 4 aromatic rings. The molecule has 0 bridgehead atoms. The summed E-state index contributed by atoms with van der Waals surface area (Å²) < 4.78 is 1.62. The van der Waals surface area contributed by atoms with Crippen LogP contribution in [-0.4, -0.2) is 36.0 Å². The Hall–Kier alpha value is -3.06. The van der Waals surface area contributed by atoms with Crippen LogP contribution < -0.4 is 0 Å². The molecule has 2 aromatic carbocycles. The first-order valence-electron chi connectivity index (χ1n) is 6.53. The van der Waals surface area contributed by atoms with Crippen LogP contribution in [0.2, 0.25) is 0 Å². The molecule has 0 aliphatic rings. The maximum Gasteiger partial charge on any atom is 0.335 e. The number of para-hydroxylation sites is 1. The molecular formula is C15H10ClN5O2. The molecular weight excluding hydrogens is 318 g/mol. The van der Waals surface area contributed by atoms with E-state index in [1.54, 1.807) is 10.7 Å². The molecule has 4 rings (SSSR count). The van der Waals surface area contributed by atoms with E-state index in [0.717, 1.165) is 11.0 Å². The molecule has 0 amide bonds. The number of rotatable bonds is 2. The molecule has 0 aliphatic heterocycles. The lowest BCUT2D eigenvalue weighted by Gasteiger charge is -2.05. The number of fused-ring (bicyclic) bond motifs is 2. The van der Waals surface area contributed by atoms with Gasteiger partial charge in [0.25, 0.3) is 0 Å². The largest absolute Gasteiger partial charge is 0.478 e. The predicted molar refractivity (Wildman–Crippen MR) is 86.2 cm³/mol. The molecule has 2 aromatic heterocycles. The van der Waals surface area contributed by atoms with Crippen molar-refractivity contribution < 1.29 is 9.90 Å². The van der Waals surface area contributed by atoms with Crippen molar-refractivity contribution in [2.75, 3.05) is 0 Å². The third-order valence-electron chi connectivity index (χ3n) is 3.41. The minimum absolute atomic E-state index is 0. The number of aromatic carboxylic acids is 1. The summed E-state index contributed by atoms with van der Waals surface area (Å²) in [6.45, 7) is 0. The van der Waals surface area contributed by atoms with Crippen LogP contribution in [-0.2, 0) is 0 Å². The Kier molecular flexibility index (Phi) is 3.63. The molecule has 0 radical (unpaired) electrons. The predicted octanol–water partition coefficient (Wildman–Crippen LogP) is 2.48. The van der Waals surface area contributed by atoms with E-state index in [1.165, 1.54) is 18.5 Å². The van der Waals surface area contributed by atoms with Gasteiger partial charge in [-0.1, -0.05) is 17.3 Å². The zero-order chi connectivity index (χ0) is 15.1. The van der Waals surface area contributed by atoms with Gasteiger partial charge in [-0.05, 0) is 30.3 Å². The maximum absolute atomic E-state index is 11.1. The van der Waals surface area contributed by atoms with Crippen LogP contribution in [0.5, 0.6) is 0 Å². The second-order valence-corrected chi connectivity index (χ2v) is 4.72. The van der Waals surface area contributed by atoms with Crippen molar-refractivity contribution >= 4 is 40.3 Å². The minimum atomic E-state index is -0.992. The van der Waals surface area contributed by atoms with Gasteiger partial charge in [0.2, 0.25) is 0 Å². The molecule has 8 heteroatoms. The molecule has 0 spiro atoms. The fraction of sp³-hybridized carbons (Fsp3) is 0. The van der Waals surface area contributed by atoms with Crippen molar-refractivity contribution in [1.29, 1.82) is 0 Å². The Bertz CT molecular complexity index is 1030. The van der Waals surface area contributed by atoms with Crippen LogP contribution in [0.25, 0.3) is 27.8 Å².